The summed E-state index contributed by atoms with van der Waals surface area (Å²) in [6, 6.07) is 0.455. The monoisotopic (exact) mass is 261 g/mol. The van der Waals surface area contributed by atoms with E-state index < -0.39 is 0 Å². The van der Waals surface area contributed by atoms with Crippen molar-refractivity contribution in [2.45, 2.75) is 50.4 Å². The molecule has 0 N–H and O–H groups in total. The van der Waals surface area contributed by atoms with Gasteiger partial charge in [-0.15, -0.1) is 0 Å². The third kappa shape index (κ3) is 2.72. The molecule has 1 amide bonds. The largest absolute Gasteiger partial charge is 0.342 e. The average Bonchev–Trinajstić information content (AvgIpc) is 2.16. The van der Waals surface area contributed by atoms with Crippen LogP contribution in [0.3, 0.4) is 0 Å². The molecule has 14 heavy (non-hydrogen) atoms. The van der Waals surface area contributed by atoms with Crippen molar-refractivity contribution < 1.29 is 4.79 Å². The summed E-state index contributed by atoms with van der Waals surface area (Å²) < 4.78 is 0. The van der Waals surface area contributed by atoms with Crippen LogP contribution in [0.15, 0.2) is 0 Å². The van der Waals surface area contributed by atoms with Crippen LogP contribution in [-0.4, -0.2) is 28.7 Å². The van der Waals surface area contributed by atoms with Gasteiger partial charge in [0, 0.05) is 13.1 Å². The Bertz CT molecular complexity index is 205. The molecule has 1 rings (SSSR count). The molecule has 0 bridgehead atoms. The first kappa shape index (κ1) is 12.0. The summed E-state index contributed by atoms with van der Waals surface area (Å²) in [5, 5.41) is 0. The van der Waals surface area contributed by atoms with E-state index in [-0.39, 0.29) is 10.7 Å². The van der Waals surface area contributed by atoms with E-state index >= 15 is 0 Å². The van der Waals surface area contributed by atoms with E-state index in [0.717, 1.165) is 0 Å². The maximum atomic E-state index is 11.8. The normalized spacial score (nSPS) is 29.7. The van der Waals surface area contributed by atoms with Gasteiger partial charge in [0.15, 0.2) is 0 Å². The smallest absolute Gasteiger partial charge is 0.236 e. The maximum Gasteiger partial charge on any atom is 0.236 e. The Morgan fingerprint density at radius 1 is 1.43 bits per heavy atom. The lowest BCUT2D eigenvalue weighted by molar-refractivity contribution is -0.132. The maximum absolute atomic E-state index is 11.8. The van der Waals surface area contributed by atoms with E-state index in [2.05, 4.69) is 22.9 Å². The molecule has 1 aliphatic carbocycles. The number of rotatable bonds is 2. The summed E-state index contributed by atoms with van der Waals surface area (Å²) in [7, 11) is 1.94. The third-order valence-corrected chi connectivity index (χ3v) is 3.64. The Kier molecular flexibility index (Phi) is 4.42. The highest BCUT2D eigenvalue weighted by Crippen LogP contribution is 2.28. The van der Waals surface area contributed by atoms with Crippen molar-refractivity contribution in [3.8, 4) is 0 Å². The summed E-state index contributed by atoms with van der Waals surface area (Å²) in [5.41, 5.74) is 0. The van der Waals surface area contributed by atoms with Gasteiger partial charge in [-0.1, -0.05) is 35.7 Å². The number of carbonyl (C=O) groups is 1. The molecule has 1 saturated carbocycles. The quantitative estimate of drug-likeness (QED) is 0.701. The van der Waals surface area contributed by atoms with Gasteiger partial charge in [-0.25, -0.2) is 0 Å². The minimum atomic E-state index is -0.0540. The Hall–Kier alpha value is -0.0500. The van der Waals surface area contributed by atoms with Gasteiger partial charge in [0.05, 0.1) is 4.83 Å². The van der Waals surface area contributed by atoms with Gasteiger partial charge < -0.3 is 4.90 Å². The SMILES string of the molecule is CC(Br)C(=O)N(C)C1CCCCC1C. The predicted octanol–water partition coefficient (Wildman–Crippen LogP) is 2.81. The zero-order valence-electron chi connectivity index (χ0n) is 9.29. The summed E-state index contributed by atoms with van der Waals surface area (Å²) in [6.45, 7) is 4.15. The molecular weight excluding hydrogens is 242 g/mol. The van der Waals surface area contributed by atoms with Gasteiger partial charge in [0.2, 0.25) is 5.91 Å². The first-order valence-corrected chi connectivity index (χ1v) is 6.36. The standard InChI is InChI=1S/C11H20BrNO/c1-8-6-4-5-7-10(8)13(3)11(14)9(2)12/h8-10H,4-7H2,1-3H3. The number of carbonyl (C=O) groups excluding carboxylic acids is 1. The second-order valence-corrected chi connectivity index (χ2v) is 5.77. The highest BCUT2D eigenvalue weighted by Gasteiger charge is 2.28. The van der Waals surface area contributed by atoms with Gasteiger partial charge in [-0.2, -0.15) is 0 Å². The van der Waals surface area contributed by atoms with E-state index in [1.54, 1.807) is 0 Å². The van der Waals surface area contributed by atoms with Crippen LogP contribution in [0.25, 0.3) is 0 Å². The lowest BCUT2D eigenvalue weighted by atomic mass is 9.85. The fourth-order valence-corrected chi connectivity index (χ4v) is 2.64. The van der Waals surface area contributed by atoms with Crippen molar-refractivity contribution in [3.63, 3.8) is 0 Å². The van der Waals surface area contributed by atoms with Crippen LogP contribution in [0.5, 0.6) is 0 Å². The van der Waals surface area contributed by atoms with Crippen molar-refractivity contribution in [2.24, 2.45) is 5.92 Å². The van der Waals surface area contributed by atoms with E-state index in [4.69, 9.17) is 0 Å². The van der Waals surface area contributed by atoms with Gasteiger partial charge in [-0.05, 0) is 25.7 Å². The third-order valence-electron chi connectivity index (χ3n) is 3.25. The molecule has 2 nitrogen and oxygen atoms in total. The second kappa shape index (κ2) is 5.15. The Morgan fingerprint density at radius 2 is 2.00 bits per heavy atom. The first-order chi connectivity index (χ1) is 6.54. The van der Waals surface area contributed by atoms with E-state index in [0.29, 0.717) is 12.0 Å². The Balaban J connectivity index is 2.57. The van der Waals surface area contributed by atoms with Crippen LogP contribution in [0.1, 0.15) is 39.5 Å². The molecule has 0 aliphatic heterocycles. The van der Waals surface area contributed by atoms with Crippen LogP contribution in [0, 0.1) is 5.92 Å². The molecule has 3 atom stereocenters. The lowest BCUT2D eigenvalue weighted by Gasteiger charge is -2.36. The Morgan fingerprint density at radius 3 is 2.50 bits per heavy atom. The second-order valence-electron chi connectivity index (χ2n) is 4.39. The van der Waals surface area contributed by atoms with Crippen LogP contribution < -0.4 is 0 Å². The number of nitrogens with zero attached hydrogens (tertiary/aromatic N) is 1. The van der Waals surface area contributed by atoms with Crippen molar-refractivity contribution in [1.29, 1.82) is 0 Å². The molecule has 0 aromatic carbocycles. The molecule has 3 heteroatoms. The minimum absolute atomic E-state index is 0.0540. The number of halogens is 1. The highest BCUT2D eigenvalue weighted by molar-refractivity contribution is 9.10. The molecule has 0 heterocycles. The molecule has 0 radical (unpaired) electrons. The molecule has 1 aliphatic rings. The summed E-state index contributed by atoms with van der Waals surface area (Å²) >= 11 is 3.34. The van der Waals surface area contributed by atoms with E-state index in [1.165, 1.54) is 25.7 Å². The average molecular weight is 262 g/mol. The highest BCUT2D eigenvalue weighted by atomic mass is 79.9. The van der Waals surface area contributed by atoms with Crippen molar-refractivity contribution in [2.75, 3.05) is 7.05 Å². The van der Waals surface area contributed by atoms with Crippen LogP contribution >= 0.6 is 15.9 Å². The number of alkyl halides is 1. The summed E-state index contributed by atoms with van der Waals surface area (Å²) in [6.07, 6.45) is 5.02. The molecule has 0 aromatic heterocycles. The van der Waals surface area contributed by atoms with E-state index in [1.807, 2.05) is 18.9 Å². The van der Waals surface area contributed by atoms with Crippen molar-refractivity contribution in [3.05, 3.63) is 0 Å². The first-order valence-electron chi connectivity index (χ1n) is 5.44. The van der Waals surface area contributed by atoms with Gasteiger partial charge in [0.1, 0.15) is 0 Å². The molecular formula is C11H20BrNO. The van der Waals surface area contributed by atoms with Crippen LogP contribution in [-0.2, 0) is 4.79 Å². The molecule has 1 fully saturated rings. The van der Waals surface area contributed by atoms with Crippen molar-refractivity contribution >= 4 is 21.8 Å². The molecule has 0 spiro atoms. The zero-order chi connectivity index (χ0) is 10.7. The molecule has 3 unspecified atom stereocenters. The number of amides is 1. The number of hydrogen-bond donors (Lipinski definition) is 0. The van der Waals surface area contributed by atoms with Crippen LogP contribution in [0.2, 0.25) is 0 Å². The predicted molar refractivity (Wildman–Crippen MR) is 62.6 cm³/mol. The minimum Gasteiger partial charge on any atom is -0.342 e. The Labute approximate surface area is 95.2 Å². The van der Waals surface area contributed by atoms with Gasteiger partial charge in [0.25, 0.3) is 0 Å². The molecule has 0 aromatic rings. The molecule has 0 saturated heterocycles. The van der Waals surface area contributed by atoms with Gasteiger partial charge in [-0.3, -0.25) is 4.79 Å². The van der Waals surface area contributed by atoms with Crippen molar-refractivity contribution in [1.82, 2.24) is 4.90 Å². The summed E-state index contributed by atoms with van der Waals surface area (Å²) in [4.78, 5) is 13.6. The topological polar surface area (TPSA) is 20.3 Å². The summed E-state index contributed by atoms with van der Waals surface area (Å²) in [5.74, 6) is 0.868. The fraction of sp³-hybridized carbons (Fsp3) is 0.909. The van der Waals surface area contributed by atoms with E-state index in [9.17, 15) is 4.79 Å². The number of hydrogen-bond acceptors (Lipinski definition) is 1. The molecule has 82 valence electrons. The lowest BCUT2D eigenvalue weighted by Crippen LogP contribution is -2.45. The zero-order valence-corrected chi connectivity index (χ0v) is 10.9. The van der Waals surface area contributed by atoms with Crippen LogP contribution in [0.4, 0.5) is 0 Å². The fourth-order valence-electron chi connectivity index (χ4n) is 2.32. The van der Waals surface area contributed by atoms with Gasteiger partial charge >= 0.3 is 0 Å².